The molecule has 11 heteroatoms. The molecule has 1 fully saturated rings. The molecule has 190 valence electrons. The van der Waals surface area contributed by atoms with E-state index in [1.165, 1.54) is 6.33 Å². The number of aromatic nitrogens is 4. The molecule has 3 heterocycles. The molecule has 1 aliphatic heterocycles. The molecule has 5 rings (SSSR count). The number of aryl methyl sites for hydroxylation is 2. The molecule has 0 N–H and O–H groups in total. The number of fused-ring (bicyclic) bond motifs is 1. The lowest BCUT2D eigenvalue weighted by Crippen LogP contribution is -2.32. The van der Waals surface area contributed by atoms with Gasteiger partial charge in [0.2, 0.25) is 5.28 Å². The third-order valence-corrected chi connectivity index (χ3v) is 6.49. The van der Waals surface area contributed by atoms with Crippen LogP contribution in [0.5, 0.6) is 0 Å². The first kappa shape index (κ1) is 25.1. The lowest BCUT2D eigenvalue weighted by atomic mass is 10.1. The Balaban J connectivity index is 1.37. The Morgan fingerprint density at radius 2 is 1.59 bits per heavy atom. The van der Waals surface area contributed by atoms with Crippen molar-refractivity contribution < 1.29 is 23.8 Å². The quantitative estimate of drug-likeness (QED) is 0.188. The van der Waals surface area contributed by atoms with Gasteiger partial charge in [0, 0.05) is 6.42 Å². The summed E-state index contributed by atoms with van der Waals surface area (Å²) in [6.07, 6.45) is -0.319. The predicted octanol–water partition coefficient (Wildman–Crippen LogP) is 5.12. The maximum Gasteiger partial charge on any atom is 0.338 e. The van der Waals surface area contributed by atoms with Gasteiger partial charge >= 0.3 is 11.9 Å². The predicted molar refractivity (Wildman–Crippen MR) is 136 cm³/mol. The largest absolute Gasteiger partial charge is 0.459 e. The smallest absolute Gasteiger partial charge is 0.338 e. The van der Waals surface area contributed by atoms with Crippen LogP contribution in [0.15, 0.2) is 54.9 Å². The highest BCUT2D eigenvalue weighted by Gasteiger charge is 2.40. The van der Waals surface area contributed by atoms with E-state index < -0.39 is 30.4 Å². The number of carbonyl (C=O) groups is 2. The molecular formula is C26H22Cl2N4O5. The van der Waals surface area contributed by atoms with Crippen molar-refractivity contribution in [2.24, 2.45) is 0 Å². The van der Waals surface area contributed by atoms with Gasteiger partial charge in [-0.25, -0.2) is 19.6 Å². The summed E-state index contributed by atoms with van der Waals surface area (Å²) in [6.45, 7) is 3.73. The maximum absolute atomic E-state index is 12.9. The van der Waals surface area contributed by atoms with Crippen molar-refractivity contribution in [2.75, 3.05) is 6.61 Å². The molecule has 4 aromatic rings. The highest BCUT2D eigenvalue weighted by molar-refractivity contribution is 6.35. The molecule has 1 aliphatic rings. The van der Waals surface area contributed by atoms with Crippen molar-refractivity contribution in [2.45, 2.75) is 38.7 Å². The minimum absolute atomic E-state index is 0.0387. The van der Waals surface area contributed by atoms with E-state index in [0.717, 1.165) is 11.1 Å². The van der Waals surface area contributed by atoms with Crippen LogP contribution in [0.1, 0.15) is 44.5 Å². The average Bonchev–Trinajstić information content (AvgIpc) is 3.47. The normalized spacial score (nSPS) is 19.2. The maximum atomic E-state index is 12.9. The number of esters is 2. The first-order valence-corrected chi connectivity index (χ1v) is 12.3. The Labute approximate surface area is 222 Å². The lowest BCUT2D eigenvalue weighted by Gasteiger charge is -2.19. The fraction of sp³-hybridized carbons (Fsp3) is 0.269. The Morgan fingerprint density at radius 1 is 0.973 bits per heavy atom. The van der Waals surface area contributed by atoms with E-state index in [4.69, 9.17) is 37.4 Å². The van der Waals surface area contributed by atoms with Gasteiger partial charge in [0.05, 0.1) is 17.5 Å². The van der Waals surface area contributed by atoms with Crippen LogP contribution in [0.2, 0.25) is 10.4 Å². The Morgan fingerprint density at radius 3 is 2.24 bits per heavy atom. The first-order chi connectivity index (χ1) is 17.8. The molecule has 0 spiro atoms. The monoisotopic (exact) mass is 540 g/mol. The minimum atomic E-state index is -0.737. The summed E-state index contributed by atoms with van der Waals surface area (Å²) in [5, 5.41) is 0.0702. The van der Waals surface area contributed by atoms with Gasteiger partial charge < -0.3 is 14.2 Å². The zero-order valence-corrected chi connectivity index (χ0v) is 21.4. The standard InChI is InChI=1S/C26H22Cl2N4O5/c1-14-3-7-16(8-4-14)24(33)35-12-19-18(37-25(34)17-9-5-15(2)6-10-17)11-20(36-19)32-13-29-21-22(27)30-26(28)31-23(21)32/h3-10,13,18-20H,11-12H2,1-2H3/t18-,19+,20+/m0/s1. The number of benzene rings is 2. The number of hydrogen-bond donors (Lipinski definition) is 0. The van der Waals surface area contributed by atoms with E-state index in [1.807, 2.05) is 38.1 Å². The summed E-state index contributed by atoms with van der Waals surface area (Å²) >= 11 is 12.2. The SMILES string of the molecule is Cc1ccc(C(=O)OC[C@H]2O[C@@H](n3cnc4c(Cl)nc(Cl)nc43)C[C@@H]2OC(=O)c2ccc(C)cc2)cc1. The number of halogens is 2. The molecule has 0 unspecified atom stereocenters. The van der Waals surface area contributed by atoms with Crippen molar-refractivity contribution in [3.63, 3.8) is 0 Å². The van der Waals surface area contributed by atoms with Crippen molar-refractivity contribution >= 4 is 46.3 Å². The van der Waals surface area contributed by atoms with E-state index in [1.54, 1.807) is 28.8 Å². The topological polar surface area (TPSA) is 105 Å². The number of nitrogens with zero attached hydrogens (tertiary/aromatic N) is 4. The summed E-state index contributed by atoms with van der Waals surface area (Å²) in [4.78, 5) is 37.9. The lowest BCUT2D eigenvalue weighted by molar-refractivity contribution is -0.0563. The van der Waals surface area contributed by atoms with Crippen molar-refractivity contribution in [1.82, 2.24) is 19.5 Å². The third kappa shape index (κ3) is 5.44. The van der Waals surface area contributed by atoms with Gasteiger partial charge in [-0.15, -0.1) is 0 Å². The summed E-state index contributed by atoms with van der Waals surface area (Å²) in [5.74, 6) is -1.01. The van der Waals surface area contributed by atoms with Gasteiger partial charge in [0.25, 0.3) is 0 Å². The van der Waals surface area contributed by atoms with Gasteiger partial charge in [0.1, 0.15) is 30.6 Å². The van der Waals surface area contributed by atoms with E-state index in [-0.39, 0.29) is 23.5 Å². The summed E-state index contributed by atoms with van der Waals surface area (Å²) in [5.41, 5.74) is 3.60. The molecule has 3 atom stereocenters. The minimum Gasteiger partial charge on any atom is -0.459 e. The van der Waals surface area contributed by atoms with Crippen LogP contribution in [-0.4, -0.2) is 50.3 Å². The molecule has 9 nitrogen and oxygen atoms in total. The summed E-state index contributed by atoms with van der Waals surface area (Å²) < 4.78 is 19.2. The molecule has 0 amide bonds. The van der Waals surface area contributed by atoms with Crippen molar-refractivity contribution in [3.8, 4) is 0 Å². The highest BCUT2D eigenvalue weighted by Crippen LogP contribution is 2.34. The second kappa shape index (κ2) is 10.5. The third-order valence-electron chi connectivity index (χ3n) is 6.05. The molecule has 2 aromatic carbocycles. The zero-order chi connectivity index (χ0) is 26.1. The first-order valence-electron chi connectivity index (χ1n) is 11.5. The Hall–Kier alpha value is -3.53. The van der Waals surface area contributed by atoms with Gasteiger partial charge in [-0.1, -0.05) is 47.0 Å². The Kier molecular flexibility index (Phi) is 7.10. The molecule has 0 saturated carbocycles. The van der Waals surface area contributed by atoms with Crippen LogP contribution in [0.3, 0.4) is 0 Å². The van der Waals surface area contributed by atoms with Crippen LogP contribution >= 0.6 is 23.2 Å². The average molecular weight is 541 g/mol. The molecular weight excluding hydrogens is 519 g/mol. The summed E-state index contributed by atoms with van der Waals surface area (Å²) in [6, 6.07) is 14.1. The van der Waals surface area contributed by atoms with Crippen LogP contribution in [-0.2, 0) is 14.2 Å². The number of carbonyl (C=O) groups excluding carboxylic acids is 2. The second-order valence-corrected chi connectivity index (χ2v) is 9.44. The van der Waals surface area contributed by atoms with Crippen LogP contribution < -0.4 is 0 Å². The molecule has 0 bridgehead atoms. The number of hydrogen-bond acceptors (Lipinski definition) is 8. The van der Waals surface area contributed by atoms with E-state index in [0.29, 0.717) is 22.3 Å². The molecule has 2 aromatic heterocycles. The van der Waals surface area contributed by atoms with E-state index in [2.05, 4.69) is 15.0 Å². The fourth-order valence-electron chi connectivity index (χ4n) is 4.04. The number of rotatable bonds is 6. The summed E-state index contributed by atoms with van der Waals surface area (Å²) in [7, 11) is 0. The second-order valence-electron chi connectivity index (χ2n) is 8.75. The molecule has 0 aliphatic carbocycles. The fourth-order valence-corrected chi connectivity index (χ4v) is 4.46. The van der Waals surface area contributed by atoms with Gasteiger partial charge in [-0.2, -0.15) is 4.98 Å². The Bertz CT molecular complexity index is 1460. The van der Waals surface area contributed by atoms with Crippen molar-refractivity contribution in [1.29, 1.82) is 0 Å². The van der Waals surface area contributed by atoms with Crippen LogP contribution in [0, 0.1) is 13.8 Å². The number of ether oxygens (including phenoxy) is 3. The van der Waals surface area contributed by atoms with Gasteiger partial charge in [-0.3, -0.25) is 4.57 Å². The molecule has 0 radical (unpaired) electrons. The van der Waals surface area contributed by atoms with Gasteiger partial charge in [0.15, 0.2) is 10.8 Å². The van der Waals surface area contributed by atoms with E-state index in [9.17, 15) is 9.59 Å². The zero-order valence-electron chi connectivity index (χ0n) is 19.9. The van der Waals surface area contributed by atoms with Crippen LogP contribution in [0.4, 0.5) is 0 Å². The molecule has 1 saturated heterocycles. The van der Waals surface area contributed by atoms with Crippen molar-refractivity contribution in [3.05, 3.63) is 87.5 Å². The number of imidazole rings is 1. The van der Waals surface area contributed by atoms with Crippen LogP contribution in [0.25, 0.3) is 11.2 Å². The van der Waals surface area contributed by atoms with E-state index >= 15 is 0 Å². The van der Waals surface area contributed by atoms with Gasteiger partial charge in [-0.05, 0) is 49.7 Å². The molecule has 37 heavy (non-hydrogen) atoms. The highest BCUT2D eigenvalue weighted by atomic mass is 35.5.